The van der Waals surface area contributed by atoms with Crippen molar-refractivity contribution in [1.29, 1.82) is 0 Å². The van der Waals surface area contributed by atoms with Crippen LogP contribution in [0.25, 0.3) is 145 Å². The minimum absolute atomic E-state index is 0.0590. The number of para-hydroxylation sites is 2. The normalized spacial score (nSPS) is 15.3. The highest BCUT2D eigenvalue weighted by Crippen LogP contribution is 2.63. The maximum absolute atomic E-state index is 2.69. The van der Waals surface area contributed by atoms with Gasteiger partial charge >= 0.3 is 0 Å². The van der Waals surface area contributed by atoms with Gasteiger partial charge in [0.05, 0.1) is 22.1 Å². The van der Waals surface area contributed by atoms with Gasteiger partial charge in [-0.25, -0.2) is 0 Å². The van der Waals surface area contributed by atoms with Crippen molar-refractivity contribution in [3.05, 3.63) is 311 Å². The summed E-state index contributed by atoms with van der Waals surface area (Å²) in [6.07, 6.45) is 19.2. The van der Waals surface area contributed by atoms with Crippen LogP contribution >= 0.6 is 0 Å². The molecule has 2 heterocycles. The first kappa shape index (κ1) is 51.5. The number of hydrogen-bond acceptors (Lipinski definition) is 0. The lowest BCUT2D eigenvalue weighted by Crippen LogP contribution is -2.22. The number of hydrogen-bond donors (Lipinski definition) is 0. The molecule has 2 spiro atoms. The maximum atomic E-state index is 2.69. The van der Waals surface area contributed by atoms with Gasteiger partial charge < -0.3 is 9.13 Å². The summed E-state index contributed by atoms with van der Waals surface area (Å²) in [5.74, 6) is 0. The average molecular weight is 1150 g/mol. The fraction of sp³-hybridized carbons (Fsp3) is 0.114. The molecule has 90 heavy (non-hydrogen) atoms. The van der Waals surface area contributed by atoms with Crippen molar-refractivity contribution in [3.8, 4) is 55.9 Å². The quantitative estimate of drug-likeness (QED) is 0.134. The van der Waals surface area contributed by atoms with Crippen LogP contribution in [0, 0.1) is 0 Å². The summed E-state index contributed by atoms with van der Waals surface area (Å²) < 4.78 is 4.84. The van der Waals surface area contributed by atoms with Crippen LogP contribution in [0.2, 0.25) is 0 Å². The van der Waals surface area contributed by atoms with Gasteiger partial charge in [-0.2, -0.15) is 0 Å². The first-order valence-corrected chi connectivity index (χ1v) is 32.6. The topological polar surface area (TPSA) is 9.86 Å². The second-order valence-corrected chi connectivity index (χ2v) is 26.3. The van der Waals surface area contributed by atoms with Crippen LogP contribution in [0.15, 0.2) is 267 Å². The Morgan fingerprint density at radius 3 is 1.04 bits per heavy atom. The molecule has 19 rings (SSSR count). The molecule has 2 fully saturated rings. The van der Waals surface area contributed by atoms with E-state index in [0.717, 1.165) is 0 Å². The molecule has 0 atom stereocenters. The van der Waals surface area contributed by atoms with Crippen molar-refractivity contribution in [2.75, 3.05) is 0 Å². The molecule has 2 aromatic heterocycles. The zero-order chi connectivity index (χ0) is 59.1. The van der Waals surface area contributed by atoms with Crippen molar-refractivity contribution in [1.82, 2.24) is 9.13 Å². The predicted molar refractivity (Wildman–Crippen MR) is 381 cm³/mol. The van der Waals surface area contributed by atoms with Gasteiger partial charge in [0.2, 0.25) is 0 Å². The Balaban J connectivity index is 0.585. The molecule has 0 bridgehead atoms. The van der Waals surface area contributed by atoms with Crippen LogP contribution in [0.3, 0.4) is 0 Å². The number of nitrogens with zero attached hydrogens (tertiary/aromatic N) is 2. The molecule has 13 aromatic carbocycles. The Labute approximate surface area is 525 Å². The standard InChI is InChI=1S/C88H64N2/c1-3-15-65-51-69(39-35-61(65)13-1)89-83-19-7-5-17-73(83)77-53-67(37-43-85(77)89)63-31-25-57(26-32-63)21-23-59-29-41-71-75-55-82-76(56-81(75)87(79(71)49-59)45-9-10-46-87)72-42-30-60(50-80(72)88(82)47-11-12-48-88)24-22-58-27-33-64(34-28-58)68-38-44-86-78(54-68)74-18-6-8-20-84(74)90(86)70-40-36-62-14-2-4-16-66(62)52-70/h1-8,13-44,49-56H,9-12,45-48H2/b23-21+,24-22+. The third-order valence-corrected chi connectivity index (χ3v) is 21.6. The minimum atomic E-state index is 0.0590. The second-order valence-electron chi connectivity index (χ2n) is 26.3. The van der Waals surface area contributed by atoms with Crippen LogP contribution < -0.4 is 0 Å². The van der Waals surface area contributed by atoms with E-state index < -0.39 is 0 Å². The SMILES string of the molecule is C(=C\c1ccc2c(c1)C1(CCCC1)c1cc3c(cc1-2)C1(CCCC1)c1cc(/C=C/c2ccc(-c4ccc5c(c4)c4ccccc4n5-c4ccc5ccccc5c4)cc2)ccc1-3)/c1ccc(-c2ccc3c(c2)c2ccccc2n3-c2ccc3ccccc3c2)cc1. The molecule has 0 saturated heterocycles. The smallest absolute Gasteiger partial charge is 0.0541 e. The maximum Gasteiger partial charge on any atom is 0.0541 e. The van der Waals surface area contributed by atoms with Gasteiger partial charge in [-0.3, -0.25) is 0 Å². The summed E-state index contributed by atoms with van der Waals surface area (Å²) in [4.78, 5) is 0. The first-order valence-electron chi connectivity index (χ1n) is 32.6. The molecule has 2 heteroatoms. The molecule has 0 amide bonds. The van der Waals surface area contributed by atoms with E-state index in [9.17, 15) is 0 Å². The Kier molecular flexibility index (Phi) is 11.4. The lowest BCUT2D eigenvalue weighted by molar-refractivity contribution is 0.543. The van der Waals surface area contributed by atoms with Gasteiger partial charge in [0.15, 0.2) is 0 Å². The lowest BCUT2D eigenvalue weighted by Gasteiger charge is -2.29. The van der Waals surface area contributed by atoms with Crippen molar-refractivity contribution in [2.24, 2.45) is 0 Å². The monoisotopic (exact) mass is 1150 g/mol. The molecule has 2 saturated carbocycles. The fourth-order valence-electron chi connectivity index (χ4n) is 17.2. The van der Waals surface area contributed by atoms with E-state index in [1.807, 2.05) is 0 Å². The zero-order valence-corrected chi connectivity index (χ0v) is 50.3. The highest BCUT2D eigenvalue weighted by Gasteiger charge is 2.50. The largest absolute Gasteiger partial charge is 0.309 e. The van der Waals surface area contributed by atoms with Crippen molar-refractivity contribution in [3.63, 3.8) is 0 Å². The molecule has 426 valence electrons. The number of benzene rings is 13. The Bertz CT molecular complexity index is 5190. The molecule has 15 aromatic rings. The summed E-state index contributed by atoms with van der Waals surface area (Å²) in [5.41, 5.74) is 29.4. The van der Waals surface area contributed by atoms with E-state index in [0.29, 0.717) is 0 Å². The van der Waals surface area contributed by atoms with Crippen LogP contribution in [-0.4, -0.2) is 9.13 Å². The molecule has 4 aliphatic carbocycles. The van der Waals surface area contributed by atoms with Gasteiger partial charge in [0, 0.05) is 43.7 Å². The van der Waals surface area contributed by atoms with Gasteiger partial charge in [-0.1, -0.05) is 244 Å². The molecule has 0 N–H and O–H groups in total. The summed E-state index contributed by atoms with van der Waals surface area (Å²) >= 11 is 0. The molecule has 0 aliphatic heterocycles. The highest BCUT2D eigenvalue weighted by atomic mass is 15.0. The Hall–Kier alpha value is -10.5. The van der Waals surface area contributed by atoms with E-state index >= 15 is 0 Å². The van der Waals surface area contributed by atoms with Gasteiger partial charge in [-0.15, -0.1) is 0 Å². The van der Waals surface area contributed by atoms with E-state index in [1.54, 1.807) is 22.3 Å². The van der Waals surface area contributed by atoms with Gasteiger partial charge in [0.25, 0.3) is 0 Å². The lowest BCUT2D eigenvalue weighted by atomic mass is 9.74. The number of rotatable bonds is 8. The summed E-state index contributed by atoms with van der Waals surface area (Å²) in [5, 5.41) is 10.1. The van der Waals surface area contributed by atoms with Crippen molar-refractivity contribution in [2.45, 2.75) is 62.2 Å². The van der Waals surface area contributed by atoms with E-state index in [-0.39, 0.29) is 10.8 Å². The summed E-state index contributed by atoms with van der Waals surface area (Å²) in [6, 6.07) is 101. The zero-order valence-electron chi connectivity index (χ0n) is 50.3. The molecule has 0 unspecified atom stereocenters. The third-order valence-electron chi connectivity index (χ3n) is 21.6. The number of aromatic nitrogens is 2. The fourth-order valence-corrected chi connectivity index (χ4v) is 17.2. The van der Waals surface area contributed by atoms with E-state index in [4.69, 9.17) is 0 Å². The van der Waals surface area contributed by atoms with E-state index in [2.05, 4.69) is 300 Å². The highest BCUT2D eigenvalue weighted by molar-refractivity contribution is 6.12. The van der Waals surface area contributed by atoms with Crippen molar-refractivity contribution < 1.29 is 0 Å². The van der Waals surface area contributed by atoms with Gasteiger partial charge in [0.1, 0.15) is 0 Å². The van der Waals surface area contributed by atoms with Crippen molar-refractivity contribution >= 4 is 89.5 Å². The Morgan fingerprint density at radius 1 is 0.244 bits per heavy atom. The van der Waals surface area contributed by atoms with Crippen LogP contribution in [0.4, 0.5) is 0 Å². The van der Waals surface area contributed by atoms with E-state index in [1.165, 1.54) is 195 Å². The summed E-state index contributed by atoms with van der Waals surface area (Å²) in [7, 11) is 0. The molecular formula is C88H64N2. The van der Waals surface area contributed by atoms with Gasteiger partial charge in [-0.05, 0) is 209 Å². The summed E-state index contributed by atoms with van der Waals surface area (Å²) in [6.45, 7) is 0. The van der Waals surface area contributed by atoms with Crippen LogP contribution in [-0.2, 0) is 10.8 Å². The molecular weight excluding hydrogens is 1080 g/mol. The predicted octanol–water partition coefficient (Wildman–Crippen LogP) is 23.5. The average Bonchev–Trinajstić information content (AvgIpc) is 1.54. The van der Waals surface area contributed by atoms with Crippen LogP contribution in [0.5, 0.6) is 0 Å². The minimum Gasteiger partial charge on any atom is -0.309 e. The molecule has 2 nitrogen and oxygen atoms in total. The first-order chi connectivity index (χ1) is 44.5. The Morgan fingerprint density at radius 2 is 0.600 bits per heavy atom. The number of fused-ring (bicyclic) bond motifs is 18. The third kappa shape index (κ3) is 7.90. The van der Waals surface area contributed by atoms with Crippen LogP contribution in [0.1, 0.15) is 95.9 Å². The molecule has 4 aliphatic rings. The molecule has 0 radical (unpaired) electrons. The second kappa shape index (κ2) is 20.0.